The van der Waals surface area contributed by atoms with Crippen molar-refractivity contribution in [3.05, 3.63) is 63.5 Å². The summed E-state index contributed by atoms with van der Waals surface area (Å²) >= 11 is 0. The molecule has 0 aliphatic heterocycles. The third-order valence-electron chi connectivity index (χ3n) is 2.47. The third-order valence-corrected chi connectivity index (χ3v) is 2.47. The highest BCUT2D eigenvalue weighted by molar-refractivity contribution is 5.51. The number of halogens is 3. The predicted molar refractivity (Wildman–Crippen MR) is 64.2 cm³/mol. The van der Waals surface area contributed by atoms with Gasteiger partial charge < -0.3 is 4.74 Å². The van der Waals surface area contributed by atoms with E-state index in [-0.39, 0.29) is 17.0 Å². The Balaban J connectivity index is 2.46. The summed E-state index contributed by atoms with van der Waals surface area (Å²) in [5, 5.41) is 19.5. The summed E-state index contributed by atoms with van der Waals surface area (Å²) in [6.07, 6.45) is 0. The SMILES string of the molecule is N#Cc1cc([N+](=O)[O-])ccc1Oc1c(F)cc(F)cc1F. The first-order valence-electron chi connectivity index (χ1n) is 5.43. The van der Waals surface area contributed by atoms with Crippen molar-refractivity contribution < 1.29 is 22.8 Å². The average molecular weight is 294 g/mol. The fraction of sp³-hybridized carbons (Fsp3) is 0. The second-order valence-electron chi connectivity index (χ2n) is 3.85. The summed E-state index contributed by atoms with van der Waals surface area (Å²) in [7, 11) is 0. The molecule has 5 nitrogen and oxygen atoms in total. The summed E-state index contributed by atoms with van der Waals surface area (Å²) in [6.45, 7) is 0. The normalized spacial score (nSPS) is 10.0. The van der Waals surface area contributed by atoms with E-state index in [2.05, 4.69) is 0 Å². The Labute approximate surface area is 116 Å². The number of nitriles is 1. The van der Waals surface area contributed by atoms with E-state index < -0.39 is 28.1 Å². The van der Waals surface area contributed by atoms with E-state index in [1.165, 1.54) is 0 Å². The Bertz CT molecular complexity index is 749. The Morgan fingerprint density at radius 2 is 1.76 bits per heavy atom. The van der Waals surface area contributed by atoms with Gasteiger partial charge in [-0.1, -0.05) is 0 Å². The van der Waals surface area contributed by atoms with Gasteiger partial charge in [0.1, 0.15) is 23.2 Å². The Morgan fingerprint density at radius 1 is 1.14 bits per heavy atom. The number of ether oxygens (including phenoxy) is 1. The van der Waals surface area contributed by atoms with Gasteiger partial charge in [0, 0.05) is 24.3 Å². The maximum absolute atomic E-state index is 13.4. The molecule has 0 spiro atoms. The van der Waals surface area contributed by atoms with Crippen molar-refractivity contribution in [2.75, 3.05) is 0 Å². The molecule has 0 unspecified atom stereocenters. The zero-order valence-corrected chi connectivity index (χ0v) is 10.1. The number of nitro benzene ring substituents is 1. The summed E-state index contributed by atoms with van der Waals surface area (Å²) in [4.78, 5) is 9.85. The second kappa shape index (κ2) is 5.50. The van der Waals surface area contributed by atoms with Gasteiger partial charge in [-0.2, -0.15) is 5.26 Å². The second-order valence-corrected chi connectivity index (χ2v) is 3.85. The number of non-ortho nitro benzene ring substituents is 1. The van der Waals surface area contributed by atoms with Gasteiger partial charge >= 0.3 is 0 Å². The lowest BCUT2D eigenvalue weighted by atomic mass is 10.2. The minimum atomic E-state index is -1.30. The molecule has 0 fully saturated rings. The maximum atomic E-state index is 13.4. The number of benzene rings is 2. The van der Waals surface area contributed by atoms with Crippen LogP contribution in [0.2, 0.25) is 0 Å². The van der Waals surface area contributed by atoms with Crippen molar-refractivity contribution in [1.82, 2.24) is 0 Å². The Kier molecular flexibility index (Phi) is 3.75. The molecule has 21 heavy (non-hydrogen) atoms. The molecule has 2 aromatic carbocycles. The first-order valence-corrected chi connectivity index (χ1v) is 5.43. The Hall–Kier alpha value is -3.08. The van der Waals surface area contributed by atoms with Crippen LogP contribution in [-0.4, -0.2) is 4.92 Å². The molecule has 106 valence electrons. The van der Waals surface area contributed by atoms with Gasteiger partial charge in [0.25, 0.3) is 5.69 Å². The fourth-order valence-corrected chi connectivity index (χ4v) is 1.54. The summed E-state index contributed by atoms with van der Waals surface area (Å²) in [5.41, 5.74) is -0.661. The number of hydrogen-bond donors (Lipinski definition) is 0. The lowest BCUT2D eigenvalue weighted by Gasteiger charge is -2.09. The van der Waals surface area contributed by atoms with E-state index in [1.54, 1.807) is 6.07 Å². The van der Waals surface area contributed by atoms with E-state index in [0.717, 1.165) is 18.2 Å². The smallest absolute Gasteiger partial charge is 0.271 e. The number of hydrogen-bond acceptors (Lipinski definition) is 4. The number of nitro groups is 1. The van der Waals surface area contributed by atoms with Crippen LogP contribution in [0, 0.1) is 38.9 Å². The zero-order valence-electron chi connectivity index (χ0n) is 10.1. The molecule has 0 saturated carbocycles. The van der Waals surface area contributed by atoms with Crippen LogP contribution in [-0.2, 0) is 0 Å². The van der Waals surface area contributed by atoms with Crippen molar-refractivity contribution >= 4 is 5.69 Å². The molecule has 0 amide bonds. The molecule has 0 aliphatic rings. The molecular weight excluding hydrogens is 289 g/mol. The molecule has 0 heterocycles. The van der Waals surface area contributed by atoms with E-state index in [4.69, 9.17) is 10.00 Å². The average Bonchev–Trinajstić information content (AvgIpc) is 2.42. The summed E-state index contributed by atoms with van der Waals surface area (Å²) in [6, 6.07) is 5.37. The van der Waals surface area contributed by atoms with Crippen LogP contribution in [0.15, 0.2) is 30.3 Å². The number of nitrogens with zero attached hydrogens (tertiary/aromatic N) is 2. The van der Waals surface area contributed by atoms with E-state index in [9.17, 15) is 23.3 Å². The fourth-order valence-electron chi connectivity index (χ4n) is 1.54. The Morgan fingerprint density at radius 3 is 2.29 bits per heavy atom. The van der Waals surface area contributed by atoms with Gasteiger partial charge in [-0.15, -0.1) is 0 Å². The van der Waals surface area contributed by atoms with Gasteiger partial charge in [-0.3, -0.25) is 10.1 Å². The molecule has 0 atom stereocenters. The highest BCUT2D eigenvalue weighted by atomic mass is 19.1. The van der Waals surface area contributed by atoms with Crippen LogP contribution >= 0.6 is 0 Å². The van der Waals surface area contributed by atoms with Crippen LogP contribution in [0.4, 0.5) is 18.9 Å². The standard InChI is InChI=1S/C13H5F3N2O3/c14-8-4-10(15)13(11(16)5-8)21-12-2-1-9(18(19)20)3-7(12)6-17/h1-5H. The molecule has 0 N–H and O–H groups in total. The van der Waals surface area contributed by atoms with Gasteiger partial charge in [0.05, 0.1) is 4.92 Å². The molecule has 8 heteroatoms. The molecule has 2 aromatic rings. The van der Waals surface area contributed by atoms with Crippen molar-refractivity contribution in [2.24, 2.45) is 0 Å². The zero-order chi connectivity index (χ0) is 15.6. The first kappa shape index (κ1) is 14.3. The monoisotopic (exact) mass is 294 g/mol. The largest absolute Gasteiger partial charge is 0.450 e. The van der Waals surface area contributed by atoms with Crippen LogP contribution in [0.3, 0.4) is 0 Å². The van der Waals surface area contributed by atoms with E-state index >= 15 is 0 Å². The van der Waals surface area contributed by atoms with Crippen LogP contribution in [0.5, 0.6) is 11.5 Å². The van der Waals surface area contributed by atoms with E-state index in [1.807, 2.05) is 0 Å². The van der Waals surface area contributed by atoms with Gasteiger partial charge in [-0.25, -0.2) is 13.2 Å². The van der Waals surface area contributed by atoms with Crippen molar-refractivity contribution in [2.45, 2.75) is 0 Å². The minimum Gasteiger partial charge on any atom is -0.450 e. The van der Waals surface area contributed by atoms with Crippen LogP contribution in [0.1, 0.15) is 5.56 Å². The number of rotatable bonds is 3. The molecule has 0 saturated heterocycles. The quantitative estimate of drug-likeness (QED) is 0.639. The first-order chi connectivity index (χ1) is 9.92. The summed E-state index contributed by atoms with van der Waals surface area (Å²) < 4.78 is 44.5. The summed E-state index contributed by atoms with van der Waals surface area (Å²) in [5.74, 6) is -4.90. The topological polar surface area (TPSA) is 76.2 Å². The maximum Gasteiger partial charge on any atom is 0.271 e. The molecule has 0 aliphatic carbocycles. The third kappa shape index (κ3) is 2.92. The van der Waals surface area contributed by atoms with Gasteiger partial charge in [-0.05, 0) is 6.07 Å². The van der Waals surface area contributed by atoms with Crippen molar-refractivity contribution in [3.63, 3.8) is 0 Å². The highest BCUT2D eigenvalue weighted by Crippen LogP contribution is 2.32. The molecule has 0 bridgehead atoms. The molecule has 2 rings (SSSR count). The molecular formula is C13H5F3N2O3. The van der Waals surface area contributed by atoms with E-state index in [0.29, 0.717) is 12.1 Å². The van der Waals surface area contributed by atoms with Crippen molar-refractivity contribution in [1.29, 1.82) is 5.26 Å². The van der Waals surface area contributed by atoms with Gasteiger partial charge in [0.15, 0.2) is 17.4 Å². The van der Waals surface area contributed by atoms with Crippen LogP contribution < -0.4 is 4.74 Å². The van der Waals surface area contributed by atoms with Crippen molar-refractivity contribution in [3.8, 4) is 17.6 Å². The highest BCUT2D eigenvalue weighted by Gasteiger charge is 2.17. The molecule has 0 aromatic heterocycles. The lowest BCUT2D eigenvalue weighted by molar-refractivity contribution is -0.384. The lowest BCUT2D eigenvalue weighted by Crippen LogP contribution is -1.97. The van der Waals surface area contributed by atoms with Crippen LogP contribution in [0.25, 0.3) is 0 Å². The predicted octanol–water partition coefficient (Wildman–Crippen LogP) is 3.68. The molecule has 0 radical (unpaired) electrons. The van der Waals surface area contributed by atoms with Gasteiger partial charge in [0.2, 0.25) is 0 Å². The minimum absolute atomic E-state index is 0.285.